The highest BCUT2D eigenvalue weighted by molar-refractivity contribution is 8.00. The van der Waals surface area contributed by atoms with Gasteiger partial charge in [0.25, 0.3) is 5.22 Å². The molecule has 3 aromatic rings. The smallest absolute Gasteiger partial charge is 0.411 e. The molecule has 1 amide bonds. The molecule has 3 rings (SSSR count). The fourth-order valence-corrected chi connectivity index (χ4v) is 2.84. The Kier molecular flexibility index (Phi) is 5.68. The highest BCUT2D eigenvalue weighted by Crippen LogP contribution is 2.30. The maximum absolute atomic E-state index is 13.0. The maximum Gasteiger partial charge on any atom is 0.416 e. The molecule has 1 aromatic heterocycles. The topological polar surface area (TPSA) is 68.0 Å². The predicted octanol–water partition coefficient (Wildman–Crippen LogP) is 5.01. The average molecular weight is 411 g/mol. The average Bonchev–Trinajstić information content (AvgIpc) is 3.10. The molecule has 0 unspecified atom stereocenters. The van der Waals surface area contributed by atoms with Gasteiger partial charge in [0.05, 0.1) is 10.8 Å². The van der Waals surface area contributed by atoms with Gasteiger partial charge in [-0.2, -0.15) is 13.2 Å². The van der Waals surface area contributed by atoms with Gasteiger partial charge in [-0.05, 0) is 55.5 Å². The van der Waals surface area contributed by atoms with Crippen molar-refractivity contribution in [1.29, 1.82) is 0 Å². The first-order valence-corrected chi connectivity index (χ1v) is 8.84. The van der Waals surface area contributed by atoms with Crippen molar-refractivity contribution in [3.8, 4) is 11.5 Å². The molecular formula is C18H13F4N3O2S. The second-order valence-electron chi connectivity index (χ2n) is 5.70. The van der Waals surface area contributed by atoms with Gasteiger partial charge in [0.1, 0.15) is 5.82 Å². The summed E-state index contributed by atoms with van der Waals surface area (Å²) in [6.45, 7) is 1.59. The largest absolute Gasteiger partial charge is 0.416 e. The van der Waals surface area contributed by atoms with Gasteiger partial charge in [0, 0.05) is 11.3 Å². The third-order valence-corrected chi connectivity index (χ3v) is 4.56. The van der Waals surface area contributed by atoms with Gasteiger partial charge in [-0.1, -0.05) is 11.8 Å². The van der Waals surface area contributed by atoms with E-state index in [9.17, 15) is 22.4 Å². The molecule has 0 saturated carbocycles. The van der Waals surface area contributed by atoms with Crippen LogP contribution in [0.4, 0.5) is 23.2 Å². The molecule has 0 bridgehead atoms. The Morgan fingerprint density at radius 1 is 1.07 bits per heavy atom. The lowest BCUT2D eigenvalue weighted by atomic mass is 10.2. The van der Waals surface area contributed by atoms with Gasteiger partial charge in [-0.15, -0.1) is 10.2 Å². The lowest BCUT2D eigenvalue weighted by Crippen LogP contribution is -2.22. The van der Waals surface area contributed by atoms with Crippen LogP contribution in [0.1, 0.15) is 12.5 Å². The van der Waals surface area contributed by atoms with Gasteiger partial charge in [-0.3, -0.25) is 4.79 Å². The van der Waals surface area contributed by atoms with Crippen LogP contribution in [0.2, 0.25) is 0 Å². The van der Waals surface area contributed by atoms with Crippen LogP contribution in [0.5, 0.6) is 0 Å². The minimum Gasteiger partial charge on any atom is -0.411 e. The number of alkyl halides is 3. The summed E-state index contributed by atoms with van der Waals surface area (Å²) in [6, 6.07) is 9.62. The normalized spacial score (nSPS) is 12.6. The van der Waals surface area contributed by atoms with E-state index in [0.717, 1.165) is 23.9 Å². The molecule has 28 heavy (non-hydrogen) atoms. The molecule has 0 radical (unpaired) electrons. The number of amides is 1. The quantitative estimate of drug-likeness (QED) is 0.472. The zero-order valence-electron chi connectivity index (χ0n) is 14.3. The number of carbonyl (C=O) groups excluding carboxylic acids is 1. The summed E-state index contributed by atoms with van der Waals surface area (Å²) in [5, 5.41) is 9.69. The van der Waals surface area contributed by atoms with Gasteiger partial charge in [0.15, 0.2) is 0 Å². The highest BCUT2D eigenvalue weighted by atomic mass is 32.2. The van der Waals surface area contributed by atoms with E-state index in [0.29, 0.717) is 5.56 Å². The van der Waals surface area contributed by atoms with Gasteiger partial charge >= 0.3 is 6.18 Å². The third-order valence-electron chi connectivity index (χ3n) is 3.62. The zero-order valence-corrected chi connectivity index (χ0v) is 15.1. The van der Waals surface area contributed by atoms with Crippen LogP contribution in [-0.4, -0.2) is 21.4 Å². The van der Waals surface area contributed by atoms with E-state index in [1.165, 1.54) is 36.4 Å². The van der Waals surface area contributed by atoms with E-state index in [-0.39, 0.29) is 16.8 Å². The van der Waals surface area contributed by atoms with Crippen molar-refractivity contribution in [3.05, 3.63) is 59.9 Å². The number of nitrogens with zero attached hydrogens (tertiary/aromatic N) is 2. The van der Waals surface area contributed by atoms with E-state index < -0.39 is 28.7 Å². The van der Waals surface area contributed by atoms with Crippen LogP contribution in [0.15, 0.2) is 58.2 Å². The number of thioether (sulfide) groups is 1. The van der Waals surface area contributed by atoms with Crippen molar-refractivity contribution in [3.63, 3.8) is 0 Å². The predicted molar refractivity (Wildman–Crippen MR) is 95.1 cm³/mol. The molecule has 0 aliphatic carbocycles. The lowest BCUT2D eigenvalue weighted by molar-refractivity contribution is -0.137. The summed E-state index contributed by atoms with van der Waals surface area (Å²) in [5.74, 6) is -0.657. The van der Waals surface area contributed by atoms with Crippen LogP contribution in [0, 0.1) is 5.82 Å². The molecule has 0 spiro atoms. The van der Waals surface area contributed by atoms with Crippen molar-refractivity contribution in [2.45, 2.75) is 23.6 Å². The molecule has 2 aromatic carbocycles. The third kappa shape index (κ3) is 4.89. The summed E-state index contributed by atoms with van der Waals surface area (Å²) >= 11 is 0.991. The van der Waals surface area contributed by atoms with E-state index >= 15 is 0 Å². The highest BCUT2D eigenvalue weighted by Gasteiger charge is 2.30. The summed E-state index contributed by atoms with van der Waals surface area (Å²) in [7, 11) is 0. The van der Waals surface area contributed by atoms with Crippen LogP contribution in [0.25, 0.3) is 11.5 Å². The molecule has 146 valence electrons. The molecule has 0 saturated heterocycles. The SMILES string of the molecule is C[C@H](Sc1nnc(-c2ccc(F)cc2)o1)C(=O)Nc1ccc(C(F)(F)F)cc1. The van der Waals surface area contributed by atoms with Gasteiger partial charge < -0.3 is 9.73 Å². The van der Waals surface area contributed by atoms with Crippen molar-refractivity contribution in [2.75, 3.05) is 5.32 Å². The van der Waals surface area contributed by atoms with E-state index in [1.54, 1.807) is 6.92 Å². The molecule has 1 heterocycles. The summed E-state index contributed by atoms with van der Waals surface area (Å²) in [5.41, 5.74) is -0.0299. The molecule has 10 heteroatoms. The fraction of sp³-hybridized carbons (Fsp3) is 0.167. The van der Waals surface area contributed by atoms with Crippen molar-refractivity contribution >= 4 is 23.4 Å². The Morgan fingerprint density at radius 3 is 2.32 bits per heavy atom. The molecule has 1 atom stereocenters. The molecule has 0 aliphatic rings. The lowest BCUT2D eigenvalue weighted by Gasteiger charge is -2.11. The number of aromatic nitrogens is 2. The minimum atomic E-state index is -4.44. The van der Waals surface area contributed by atoms with Crippen molar-refractivity contribution in [1.82, 2.24) is 10.2 Å². The van der Waals surface area contributed by atoms with Gasteiger partial charge in [-0.25, -0.2) is 4.39 Å². The molecule has 5 nitrogen and oxygen atoms in total. The van der Waals surface area contributed by atoms with E-state index in [1.807, 2.05) is 0 Å². The van der Waals surface area contributed by atoms with Crippen LogP contribution < -0.4 is 5.32 Å². The maximum atomic E-state index is 13.0. The number of hydrogen-bond acceptors (Lipinski definition) is 5. The monoisotopic (exact) mass is 411 g/mol. The number of hydrogen-bond donors (Lipinski definition) is 1. The Morgan fingerprint density at radius 2 is 1.71 bits per heavy atom. The first kappa shape index (κ1) is 19.9. The molecule has 0 fully saturated rings. The van der Waals surface area contributed by atoms with Crippen LogP contribution in [0.3, 0.4) is 0 Å². The number of nitrogens with one attached hydrogen (secondary N) is 1. The first-order chi connectivity index (χ1) is 13.2. The standard InChI is InChI=1S/C18H13F4N3O2S/c1-10(15(26)23-14-8-4-12(5-9-14)18(20,21)22)28-17-25-24-16(27-17)11-2-6-13(19)7-3-11/h2-10H,1H3,(H,23,26)/t10-/m0/s1. The van der Waals surface area contributed by atoms with E-state index in [4.69, 9.17) is 4.42 Å². The first-order valence-electron chi connectivity index (χ1n) is 7.96. The van der Waals surface area contributed by atoms with Crippen molar-refractivity contribution in [2.24, 2.45) is 0 Å². The molecule has 0 aliphatic heterocycles. The Hall–Kier alpha value is -2.88. The molecular weight excluding hydrogens is 398 g/mol. The number of halogens is 4. The van der Waals surface area contributed by atoms with E-state index in [2.05, 4.69) is 15.5 Å². The Balaban J connectivity index is 1.61. The second kappa shape index (κ2) is 8.01. The fourth-order valence-electron chi connectivity index (χ4n) is 2.16. The summed E-state index contributed by atoms with van der Waals surface area (Å²) in [6.07, 6.45) is -4.44. The summed E-state index contributed by atoms with van der Waals surface area (Å²) in [4.78, 5) is 12.2. The zero-order chi connectivity index (χ0) is 20.3. The van der Waals surface area contributed by atoms with Gasteiger partial charge in [0.2, 0.25) is 11.8 Å². The minimum absolute atomic E-state index is 0.134. The van der Waals surface area contributed by atoms with Crippen LogP contribution >= 0.6 is 11.8 Å². The second-order valence-corrected chi connectivity index (χ2v) is 7.00. The Labute approximate surface area is 161 Å². The number of anilines is 1. The van der Waals surface area contributed by atoms with Crippen LogP contribution in [-0.2, 0) is 11.0 Å². The Bertz CT molecular complexity index is 956. The summed E-state index contributed by atoms with van der Waals surface area (Å²) < 4.78 is 56.1. The number of benzene rings is 2. The number of carbonyl (C=O) groups is 1. The van der Waals surface area contributed by atoms with Crippen molar-refractivity contribution < 1.29 is 26.8 Å². The molecule has 1 N–H and O–H groups in total. The number of rotatable bonds is 5.